The van der Waals surface area contributed by atoms with Crippen molar-refractivity contribution in [2.75, 3.05) is 17.3 Å². The third-order valence-electron chi connectivity index (χ3n) is 6.61. The Kier molecular flexibility index (Phi) is 7.79. The number of nitrogens with one attached hydrogen (secondary N) is 1. The summed E-state index contributed by atoms with van der Waals surface area (Å²) in [7, 11) is 1.65. The van der Waals surface area contributed by atoms with E-state index < -0.39 is 5.54 Å². The van der Waals surface area contributed by atoms with Gasteiger partial charge in [0.2, 0.25) is 0 Å². The minimum atomic E-state index is -0.865. The largest absolute Gasteiger partial charge is 0.497 e. The fourth-order valence-corrected chi connectivity index (χ4v) is 4.97. The zero-order valence-corrected chi connectivity index (χ0v) is 20.8. The summed E-state index contributed by atoms with van der Waals surface area (Å²) in [6.45, 7) is 2.74. The van der Waals surface area contributed by atoms with Gasteiger partial charge in [0.05, 0.1) is 19.3 Å². The molecule has 1 atom stereocenters. The van der Waals surface area contributed by atoms with Gasteiger partial charge in [-0.05, 0) is 54.4 Å². The van der Waals surface area contributed by atoms with Crippen LogP contribution in [-0.2, 0) is 16.9 Å². The van der Waals surface area contributed by atoms with Crippen LogP contribution in [0.2, 0.25) is 5.02 Å². The highest BCUT2D eigenvalue weighted by atomic mass is 35.5. The van der Waals surface area contributed by atoms with Gasteiger partial charge in [-0.1, -0.05) is 81.0 Å². The molecule has 1 N–H and O–H groups in total. The Balaban J connectivity index is 1.72. The highest BCUT2D eigenvalue weighted by Crippen LogP contribution is 2.47. The number of amides is 1. The zero-order valence-electron chi connectivity index (χ0n) is 20.0. The maximum absolute atomic E-state index is 14.2. The number of ether oxygens (including phenoxy) is 1. The van der Waals surface area contributed by atoms with Gasteiger partial charge in [0.25, 0.3) is 5.91 Å². The average molecular weight is 477 g/mol. The van der Waals surface area contributed by atoms with E-state index in [9.17, 15) is 4.79 Å². The fraction of sp³-hybridized carbons (Fsp3) is 0.345. The lowest BCUT2D eigenvalue weighted by Gasteiger charge is -2.31. The van der Waals surface area contributed by atoms with Gasteiger partial charge < -0.3 is 15.0 Å². The van der Waals surface area contributed by atoms with Gasteiger partial charge in [0.1, 0.15) is 11.3 Å². The molecule has 0 unspecified atom stereocenters. The van der Waals surface area contributed by atoms with Crippen LogP contribution in [-0.4, -0.2) is 13.0 Å². The SMILES string of the molecule is CCCCCCC[C@@]1(Nc2ccc(OC)cc2)C(=O)N(Cc2ccccc2)c2ccc(Cl)cc21. The van der Waals surface area contributed by atoms with Crippen LogP contribution in [0.4, 0.5) is 11.4 Å². The van der Waals surface area contributed by atoms with Crippen molar-refractivity contribution in [1.82, 2.24) is 0 Å². The summed E-state index contributed by atoms with van der Waals surface area (Å²) in [6, 6.07) is 23.7. The number of rotatable bonds is 11. The Morgan fingerprint density at radius 1 is 0.941 bits per heavy atom. The summed E-state index contributed by atoms with van der Waals surface area (Å²) in [5, 5.41) is 4.28. The molecule has 178 valence electrons. The Labute approximate surface area is 207 Å². The molecule has 3 aromatic rings. The predicted octanol–water partition coefficient (Wildman–Crippen LogP) is 7.56. The van der Waals surface area contributed by atoms with Crippen molar-refractivity contribution in [1.29, 1.82) is 0 Å². The molecule has 0 radical (unpaired) electrons. The maximum atomic E-state index is 14.2. The fourth-order valence-electron chi connectivity index (χ4n) is 4.80. The molecule has 4 rings (SSSR count). The number of carbonyl (C=O) groups is 1. The van der Waals surface area contributed by atoms with Crippen molar-refractivity contribution in [3.05, 3.63) is 88.9 Å². The molecule has 0 saturated carbocycles. The summed E-state index contributed by atoms with van der Waals surface area (Å²) in [6.07, 6.45) is 6.36. The van der Waals surface area contributed by atoms with E-state index in [0.29, 0.717) is 18.0 Å². The second-order valence-corrected chi connectivity index (χ2v) is 9.40. The van der Waals surface area contributed by atoms with Gasteiger partial charge in [0.15, 0.2) is 0 Å². The van der Waals surface area contributed by atoms with Crippen molar-refractivity contribution in [3.63, 3.8) is 0 Å². The summed E-state index contributed by atoms with van der Waals surface area (Å²) in [4.78, 5) is 16.1. The molecule has 0 aliphatic carbocycles. The van der Waals surface area contributed by atoms with Crippen LogP contribution in [0.1, 0.15) is 56.6 Å². The molecule has 0 spiro atoms. The van der Waals surface area contributed by atoms with Crippen LogP contribution in [0.3, 0.4) is 0 Å². The van der Waals surface area contributed by atoms with Crippen LogP contribution in [0.25, 0.3) is 0 Å². The second kappa shape index (κ2) is 11.0. The van der Waals surface area contributed by atoms with Crippen LogP contribution in [0.5, 0.6) is 5.75 Å². The number of benzene rings is 3. The highest BCUT2D eigenvalue weighted by molar-refractivity contribution is 6.31. The summed E-state index contributed by atoms with van der Waals surface area (Å²) in [5.74, 6) is 0.853. The Bertz CT molecular complexity index is 1100. The summed E-state index contributed by atoms with van der Waals surface area (Å²) < 4.78 is 5.32. The molecule has 0 bridgehead atoms. The van der Waals surface area contributed by atoms with E-state index >= 15 is 0 Å². The van der Waals surface area contributed by atoms with Gasteiger partial charge in [-0.2, -0.15) is 0 Å². The minimum absolute atomic E-state index is 0.0694. The number of carbonyl (C=O) groups excluding carboxylic acids is 1. The van der Waals surface area contributed by atoms with Gasteiger partial charge >= 0.3 is 0 Å². The van der Waals surface area contributed by atoms with Crippen molar-refractivity contribution in [2.45, 2.75) is 57.5 Å². The molecule has 0 fully saturated rings. The molecule has 3 aromatic carbocycles. The first-order chi connectivity index (χ1) is 16.6. The predicted molar refractivity (Wildman–Crippen MR) is 141 cm³/mol. The van der Waals surface area contributed by atoms with Crippen LogP contribution >= 0.6 is 11.6 Å². The van der Waals surface area contributed by atoms with Crippen molar-refractivity contribution in [3.8, 4) is 5.75 Å². The third kappa shape index (κ3) is 5.07. The maximum Gasteiger partial charge on any atom is 0.257 e. The summed E-state index contributed by atoms with van der Waals surface area (Å²) >= 11 is 6.48. The Morgan fingerprint density at radius 2 is 1.68 bits per heavy atom. The molecular formula is C29H33ClN2O2. The number of hydrogen-bond donors (Lipinski definition) is 1. The van der Waals surface area contributed by atoms with E-state index in [1.165, 1.54) is 19.3 Å². The van der Waals surface area contributed by atoms with Crippen molar-refractivity contribution >= 4 is 28.9 Å². The molecule has 4 nitrogen and oxygen atoms in total. The smallest absolute Gasteiger partial charge is 0.257 e. The van der Waals surface area contributed by atoms with E-state index in [1.807, 2.05) is 65.6 Å². The molecule has 0 saturated heterocycles. The number of unbranched alkanes of at least 4 members (excludes halogenated alkanes) is 4. The molecule has 0 aromatic heterocycles. The standard InChI is InChI=1S/C29H33ClN2O2/c1-3-4-5-6-10-19-29(31-24-14-16-25(34-2)17-15-24)26-20-23(30)13-18-27(26)32(28(29)33)21-22-11-8-7-9-12-22/h7-9,11-18,20,31H,3-6,10,19,21H2,1-2H3/t29-/m0/s1. The first-order valence-corrected chi connectivity index (χ1v) is 12.5. The number of methoxy groups -OCH3 is 1. The van der Waals surface area contributed by atoms with E-state index in [2.05, 4.69) is 24.4 Å². The lowest BCUT2D eigenvalue weighted by atomic mass is 9.85. The summed E-state index contributed by atoms with van der Waals surface area (Å²) in [5.41, 5.74) is 2.99. The van der Waals surface area contributed by atoms with Crippen molar-refractivity contribution in [2.24, 2.45) is 0 Å². The quantitative estimate of drug-likeness (QED) is 0.290. The number of hydrogen-bond acceptors (Lipinski definition) is 3. The first kappa shape index (κ1) is 24.2. The molecule has 1 amide bonds. The molecule has 1 aliphatic heterocycles. The topological polar surface area (TPSA) is 41.6 Å². The van der Waals surface area contributed by atoms with Gasteiger partial charge in [-0.3, -0.25) is 4.79 Å². The normalized spacial score (nSPS) is 17.0. The molecular weight excluding hydrogens is 444 g/mol. The number of halogens is 1. The third-order valence-corrected chi connectivity index (χ3v) is 6.84. The Hall–Kier alpha value is -2.98. The average Bonchev–Trinajstić information content (AvgIpc) is 3.07. The van der Waals surface area contributed by atoms with Gasteiger partial charge in [-0.25, -0.2) is 0 Å². The molecule has 1 heterocycles. The molecule has 5 heteroatoms. The van der Waals surface area contributed by atoms with E-state index in [0.717, 1.165) is 41.1 Å². The lowest BCUT2D eigenvalue weighted by molar-refractivity contribution is -0.122. The van der Waals surface area contributed by atoms with E-state index in [4.69, 9.17) is 16.3 Å². The number of anilines is 2. The lowest BCUT2D eigenvalue weighted by Crippen LogP contribution is -2.46. The molecule has 34 heavy (non-hydrogen) atoms. The van der Waals surface area contributed by atoms with Crippen molar-refractivity contribution < 1.29 is 9.53 Å². The zero-order chi connectivity index (χ0) is 24.0. The number of fused-ring (bicyclic) bond motifs is 1. The number of nitrogens with zero attached hydrogens (tertiary/aromatic N) is 1. The second-order valence-electron chi connectivity index (χ2n) is 8.96. The van der Waals surface area contributed by atoms with Crippen LogP contribution < -0.4 is 15.0 Å². The highest BCUT2D eigenvalue weighted by Gasteiger charge is 2.50. The van der Waals surface area contributed by atoms with E-state index in [1.54, 1.807) is 7.11 Å². The minimum Gasteiger partial charge on any atom is -0.497 e. The van der Waals surface area contributed by atoms with E-state index in [-0.39, 0.29) is 5.91 Å². The van der Waals surface area contributed by atoms with Gasteiger partial charge in [0, 0.05) is 16.3 Å². The van der Waals surface area contributed by atoms with Crippen LogP contribution in [0.15, 0.2) is 72.8 Å². The first-order valence-electron chi connectivity index (χ1n) is 12.2. The van der Waals surface area contributed by atoms with Crippen LogP contribution in [0, 0.1) is 0 Å². The Morgan fingerprint density at radius 3 is 2.38 bits per heavy atom. The van der Waals surface area contributed by atoms with Gasteiger partial charge in [-0.15, -0.1) is 0 Å². The monoisotopic (exact) mass is 476 g/mol. The molecule has 1 aliphatic rings.